The summed E-state index contributed by atoms with van der Waals surface area (Å²) in [6, 6.07) is 30.0. The van der Waals surface area contributed by atoms with Gasteiger partial charge in [-0.15, -0.1) is 0 Å². The van der Waals surface area contributed by atoms with Gasteiger partial charge in [-0.2, -0.15) is 5.26 Å². The van der Waals surface area contributed by atoms with Gasteiger partial charge in [0.15, 0.2) is 0 Å². The fourth-order valence-corrected chi connectivity index (χ4v) is 3.54. The first kappa shape index (κ1) is 23.2. The molecule has 1 atom stereocenters. The maximum Gasteiger partial charge on any atom is 0.229 e. The summed E-state index contributed by atoms with van der Waals surface area (Å²) in [5, 5.41) is 9.49. The summed E-state index contributed by atoms with van der Waals surface area (Å²) in [4.78, 5) is 15.0. The molecule has 4 nitrogen and oxygen atoms in total. The van der Waals surface area contributed by atoms with Crippen molar-refractivity contribution in [1.82, 2.24) is 0 Å². The van der Waals surface area contributed by atoms with Crippen LogP contribution in [0.5, 0.6) is 0 Å². The zero-order chi connectivity index (χ0) is 22.8. The van der Waals surface area contributed by atoms with Crippen LogP contribution < -0.4 is 4.90 Å². The summed E-state index contributed by atoms with van der Waals surface area (Å²) < 4.78 is 6.14. The molecule has 32 heavy (non-hydrogen) atoms. The van der Waals surface area contributed by atoms with Crippen LogP contribution in [0.4, 0.5) is 5.69 Å². The van der Waals surface area contributed by atoms with Crippen LogP contribution in [-0.4, -0.2) is 12.1 Å². The summed E-state index contributed by atoms with van der Waals surface area (Å²) in [6.07, 6.45) is 0.622. The number of nitrogens with zero attached hydrogens (tertiary/aromatic N) is 2. The normalized spacial score (nSPS) is 11.7. The molecule has 3 aromatic carbocycles. The van der Waals surface area contributed by atoms with E-state index in [0.717, 1.165) is 28.8 Å². The van der Waals surface area contributed by atoms with Crippen molar-refractivity contribution in [2.24, 2.45) is 5.92 Å². The second-order valence-electron chi connectivity index (χ2n) is 8.23. The highest BCUT2D eigenvalue weighted by atomic mass is 16.5. The van der Waals surface area contributed by atoms with E-state index >= 15 is 0 Å². The molecule has 0 bridgehead atoms. The maximum atomic E-state index is 13.4. The Labute approximate surface area is 191 Å². The van der Waals surface area contributed by atoms with Gasteiger partial charge in [0, 0.05) is 12.1 Å². The van der Waals surface area contributed by atoms with Crippen LogP contribution in [0.15, 0.2) is 84.9 Å². The fourth-order valence-electron chi connectivity index (χ4n) is 3.54. The Morgan fingerprint density at radius 3 is 2.25 bits per heavy atom. The third-order valence-electron chi connectivity index (χ3n) is 5.27. The van der Waals surface area contributed by atoms with E-state index in [9.17, 15) is 10.1 Å². The van der Waals surface area contributed by atoms with E-state index in [2.05, 4.69) is 19.9 Å². The van der Waals surface area contributed by atoms with Crippen LogP contribution in [-0.2, 0) is 16.1 Å². The van der Waals surface area contributed by atoms with E-state index in [4.69, 9.17) is 4.74 Å². The lowest BCUT2D eigenvalue weighted by Crippen LogP contribution is -2.42. The Morgan fingerprint density at radius 1 is 0.938 bits per heavy atom. The molecule has 0 saturated carbocycles. The summed E-state index contributed by atoms with van der Waals surface area (Å²) in [5.74, 6) is 0.383. The third-order valence-corrected chi connectivity index (χ3v) is 5.27. The van der Waals surface area contributed by atoms with Crippen LogP contribution in [0.25, 0.3) is 11.1 Å². The van der Waals surface area contributed by atoms with Gasteiger partial charge in [0.2, 0.25) is 5.91 Å². The summed E-state index contributed by atoms with van der Waals surface area (Å²) in [7, 11) is 0. The Bertz CT molecular complexity index is 1030. The molecule has 0 radical (unpaired) electrons. The van der Waals surface area contributed by atoms with Crippen molar-refractivity contribution in [3.05, 3.63) is 90.5 Å². The average molecular weight is 427 g/mol. The molecule has 0 fully saturated rings. The van der Waals surface area contributed by atoms with Gasteiger partial charge in [0.25, 0.3) is 0 Å². The number of benzene rings is 3. The van der Waals surface area contributed by atoms with Crippen molar-refractivity contribution in [3.63, 3.8) is 0 Å². The first-order chi connectivity index (χ1) is 15.6. The molecule has 3 aromatic rings. The molecule has 4 heteroatoms. The van der Waals surface area contributed by atoms with Gasteiger partial charge >= 0.3 is 0 Å². The summed E-state index contributed by atoms with van der Waals surface area (Å²) in [5.41, 5.74) is 3.84. The lowest BCUT2D eigenvalue weighted by atomic mass is 10.0. The molecule has 164 valence electrons. The van der Waals surface area contributed by atoms with Crippen molar-refractivity contribution in [1.29, 1.82) is 5.26 Å². The van der Waals surface area contributed by atoms with Gasteiger partial charge in [-0.25, -0.2) is 0 Å². The van der Waals surface area contributed by atoms with Crippen LogP contribution in [0.1, 0.15) is 38.7 Å². The number of carbonyl (C=O) groups excluding carboxylic acids is 1. The molecular weight excluding hydrogens is 396 g/mol. The zero-order valence-electron chi connectivity index (χ0n) is 18.8. The molecule has 0 aliphatic carbocycles. The van der Waals surface area contributed by atoms with Crippen molar-refractivity contribution in [2.75, 3.05) is 4.90 Å². The van der Waals surface area contributed by atoms with Gasteiger partial charge < -0.3 is 4.74 Å². The second kappa shape index (κ2) is 11.8. The van der Waals surface area contributed by atoms with Gasteiger partial charge in [-0.3, -0.25) is 9.69 Å². The lowest BCUT2D eigenvalue weighted by Gasteiger charge is -2.31. The third kappa shape index (κ3) is 6.54. The van der Waals surface area contributed by atoms with E-state index in [1.165, 1.54) is 0 Å². The van der Waals surface area contributed by atoms with E-state index in [-0.39, 0.29) is 12.3 Å². The first-order valence-electron chi connectivity index (χ1n) is 11.1. The minimum absolute atomic E-state index is 0.0303. The van der Waals surface area contributed by atoms with Crippen LogP contribution in [0.2, 0.25) is 0 Å². The Hall–Kier alpha value is -3.42. The van der Waals surface area contributed by atoms with Crippen LogP contribution in [0.3, 0.4) is 0 Å². The lowest BCUT2D eigenvalue weighted by molar-refractivity contribution is -0.122. The quantitative estimate of drug-likeness (QED) is 0.344. The molecule has 0 heterocycles. The molecule has 0 N–H and O–H groups in total. The van der Waals surface area contributed by atoms with Crippen molar-refractivity contribution in [3.8, 4) is 17.2 Å². The number of ether oxygens (including phenoxy) is 1. The Morgan fingerprint density at radius 2 is 1.59 bits per heavy atom. The van der Waals surface area contributed by atoms with E-state index < -0.39 is 6.23 Å². The van der Waals surface area contributed by atoms with E-state index in [1.54, 1.807) is 4.90 Å². The van der Waals surface area contributed by atoms with Crippen molar-refractivity contribution in [2.45, 2.75) is 45.9 Å². The fraction of sp³-hybridized carbons (Fsp3) is 0.286. The molecule has 1 unspecified atom stereocenters. The van der Waals surface area contributed by atoms with Gasteiger partial charge in [-0.1, -0.05) is 86.6 Å². The summed E-state index contributed by atoms with van der Waals surface area (Å²) in [6.45, 7) is 4.54. The number of anilines is 1. The second-order valence-corrected chi connectivity index (χ2v) is 8.23. The number of hydrogen-bond donors (Lipinski definition) is 0. The molecule has 1 amide bonds. The number of nitriles is 1. The molecular formula is C28H30N2O2. The number of rotatable bonds is 10. The first-order valence-corrected chi connectivity index (χ1v) is 11.1. The molecule has 0 aromatic heterocycles. The highest BCUT2D eigenvalue weighted by molar-refractivity contribution is 5.94. The molecule has 0 spiro atoms. The minimum Gasteiger partial charge on any atom is -0.352 e. The minimum atomic E-state index is -0.661. The van der Waals surface area contributed by atoms with E-state index in [0.29, 0.717) is 18.9 Å². The Kier molecular flexibility index (Phi) is 8.60. The van der Waals surface area contributed by atoms with Crippen LogP contribution >= 0.6 is 0 Å². The largest absolute Gasteiger partial charge is 0.352 e. The average Bonchev–Trinajstić information content (AvgIpc) is 2.83. The maximum absolute atomic E-state index is 13.4. The smallest absolute Gasteiger partial charge is 0.229 e. The molecule has 0 aliphatic heterocycles. The highest BCUT2D eigenvalue weighted by Gasteiger charge is 2.26. The molecule has 0 aliphatic rings. The Balaban J connectivity index is 1.92. The van der Waals surface area contributed by atoms with Gasteiger partial charge in [-0.05, 0) is 41.2 Å². The monoisotopic (exact) mass is 426 g/mol. The molecule has 0 saturated heterocycles. The predicted octanol–water partition coefficient (Wildman–Crippen LogP) is 6.58. The van der Waals surface area contributed by atoms with Crippen molar-refractivity contribution >= 4 is 11.6 Å². The highest BCUT2D eigenvalue weighted by Crippen LogP contribution is 2.28. The van der Waals surface area contributed by atoms with Gasteiger partial charge in [0.1, 0.15) is 6.23 Å². The topological polar surface area (TPSA) is 53.3 Å². The number of carbonyl (C=O) groups is 1. The van der Waals surface area contributed by atoms with Gasteiger partial charge in [0.05, 0.1) is 19.1 Å². The van der Waals surface area contributed by atoms with E-state index in [1.807, 2.05) is 84.9 Å². The zero-order valence-corrected chi connectivity index (χ0v) is 18.8. The SMILES string of the molecule is CC(C)CCC(=O)N(c1cccc(-c2ccccc2)c1)C(CC#N)OCc1ccccc1. The standard InChI is InChI=1S/C28H30N2O2/c1-22(2)16-17-27(31)30(28(18-19-29)32-21-23-10-5-3-6-11-23)26-15-9-14-25(20-26)24-12-7-4-8-13-24/h3-15,20,22,28H,16-18,21H2,1-2H3. The predicted molar refractivity (Wildman–Crippen MR) is 129 cm³/mol. The summed E-state index contributed by atoms with van der Waals surface area (Å²) >= 11 is 0. The van der Waals surface area contributed by atoms with Crippen LogP contribution in [0, 0.1) is 17.2 Å². The molecule has 3 rings (SSSR count). The van der Waals surface area contributed by atoms with Crippen molar-refractivity contribution < 1.29 is 9.53 Å². The number of amides is 1. The number of hydrogen-bond acceptors (Lipinski definition) is 3.